The predicted molar refractivity (Wildman–Crippen MR) is 55.5 cm³/mol. The molecule has 1 fully saturated rings. The van der Waals surface area contributed by atoms with Gasteiger partial charge in [0, 0.05) is 13.1 Å². The topological polar surface area (TPSA) is 57.6 Å². The van der Waals surface area contributed by atoms with Gasteiger partial charge in [-0.1, -0.05) is 13.3 Å². The van der Waals surface area contributed by atoms with E-state index in [4.69, 9.17) is 0 Å². The monoisotopic (exact) mass is 221 g/mol. The van der Waals surface area contributed by atoms with Crippen molar-refractivity contribution in [3.63, 3.8) is 0 Å². The molecule has 1 N–H and O–H groups in total. The van der Waals surface area contributed by atoms with Crippen LogP contribution in [0.1, 0.15) is 32.6 Å². The average Bonchev–Trinajstić information content (AvgIpc) is 2.15. The van der Waals surface area contributed by atoms with Gasteiger partial charge in [-0.05, 0) is 19.3 Å². The van der Waals surface area contributed by atoms with Crippen molar-refractivity contribution in [2.75, 3.05) is 18.8 Å². The third-order valence-corrected chi connectivity index (χ3v) is 4.43. The number of sulfonamides is 1. The minimum absolute atomic E-state index is 0.218. The molecule has 1 aliphatic rings. The molecule has 0 saturated carbocycles. The Morgan fingerprint density at radius 3 is 2.79 bits per heavy atom. The molecule has 0 aliphatic carbocycles. The fourth-order valence-corrected chi connectivity index (χ4v) is 3.35. The number of hydrogen-bond donors (Lipinski definition) is 1. The molecule has 1 aliphatic heterocycles. The number of aliphatic hydroxyl groups excluding tert-OH is 1. The number of rotatable bonds is 4. The Balaban J connectivity index is 2.53. The van der Waals surface area contributed by atoms with Crippen LogP contribution in [0.3, 0.4) is 0 Å². The van der Waals surface area contributed by atoms with Crippen LogP contribution >= 0.6 is 0 Å². The van der Waals surface area contributed by atoms with E-state index in [0.29, 0.717) is 13.0 Å². The van der Waals surface area contributed by atoms with Gasteiger partial charge in [-0.3, -0.25) is 0 Å². The molecule has 0 aromatic rings. The van der Waals surface area contributed by atoms with Crippen LogP contribution in [0, 0.1) is 0 Å². The molecular weight excluding hydrogens is 202 g/mol. The zero-order valence-electron chi connectivity index (χ0n) is 8.65. The Bertz CT molecular complexity index is 263. The summed E-state index contributed by atoms with van der Waals surface area (Å²) in [6, 6.07) is 0. The highest BCUT2D eigenvalue weighted by atomic mass is 32.2. The van der Waals surface area contributed by atoms with E-state index < -0.39 is 16.1 Å². The Morgan fingerprint density at radius 2 is 2.21 bits per heavy atom. The minimum atomic E-state index is -3.11. The number of unbranched alkanes of at least 4 members (excludes halogenated alkanes) is 1. The van der Waals surface area contributed by atoms with Gasteiger partial charge in [0.2, 0.25) is 10.0 Å². The SMILES string of the molecule is CCCCS(=O)(=O)N1CCC[C@H](O)C1. The maximum atomic E-state index is 11.7. The van der Waals surface area contributed by atoms with Gasteiger partial charge in [0.1, 0.15) is 0 Å². The molecule has 0 bridgehead atoms. The Morgan fingerprint density at radius 1 is 1.50 bits per heavy atom. The zero-order valence-corrected chi connectivity index (χ0v) is 9.46. The number of hydrogen-bond acceptors (Lipinski definition) is 3. The lowest BCUT2D eigenvalue weighted by atomic mass is 10.1. The first-order valence-electron chi connectivity index (χ1n) is 5.22. The Kier molecular flexibility index (Phi) is 4.34. The Labute approximate surface area is 86.0 Å². The maximum Gasteiger partial charge on any atom is 0.214 e. The molecule has 1 atom stereocenters. The molecular formula is C9H19NO3S. The second kappa shape index (κ2) is 5.09. The first-order valence-corrected chi connectivity index (χ1v) is 6.83. The number of β-amino-alcohol motifs (C(OH)–C–C–N with tert-alkyl or cyclic N) is 1. The fourth-order valence-electron chi connectivity index (χ4n) is 1.63. The van der Waals surface area contributed by atoms with Crippen molar-refractivity contribution in [3.8, 4) is 0 Å². The van der Waals surface area contributed by atoms with Crippen molar-refractivity contribution in [1.82, 2.24) is 4.31 Å². The molecule has 4 nitrogen and oxygen atoms in total. The van der Waals surface area contributed by atoms with E-state index in [1.807, 2.05) is 6.92 Å². The van der Waals surface area contributed by atoms with Crippen LogP contribution in [0.5, 0.6) is 0 Å². The van der Waals surface area contributed by atoms with Gasteiger partial charge in [-0.15, -0.1) is 0 Å². The lowest BCUT2D eigenvalue weighted by Gasteiger charge is -2.29. The first kappa shape index (κ1) is 11.9. The van der Waals surface area contributed by atoms with E-state index in [2.05, 4.69) is 0 Å². The van der Waals surface area contributed by atoms with Crippen LogP contribution in [0.4, 0.5) is 0 Å². The van der Waals surface area contributed by atoms with Gasteiger partial charge in [0.15, 0.2) is 0 Å². The van der Waals surface area contributed by atoms with Crippen LogP contribution in [0.25, 0.3) is 0 Å². The Hall–Kier alpha value is -0.130. The van der Waals surface area contributed by atoms with E-state index in [1.165, 1.54) is 4.31 Å². The highest BCUT2D eigenvalue weighted by molar-refractivity contribution is 7.89. The molecule has 84 valence electrons. The smallest absolute Gasteiger partial charge is 0.214 e. The number of aliphatic hydroxyl groups is 1. The van der Waals surface area contributed by atoms with Crippen molar-refractivity contribution in [2.24, 2.45) is 0 Å². The third kappa shape index (κ3) is 3.22. The fraction of sp³-hybridized carbons (Fsp3) is 1.00. The van der Waals surface area contributed by atoms with Crippen molar-refractivity contribution >= 4 is 10.0 Å². The molecule has 0 spiro atoms. The average molecular weight is 221 g/mol. The molecule has 1 heterocycles. The van der Waals surface area contributed by atoms with E-state index in [9.17, 15) is 13.5 Å². The molecule has 0 unspecified atom stereocenters. The molecule has 0 radical (unpaired) electrons. The summed E-state index contributed by atoms with van der Waals surface area (Å²) >= 11 is 0. The van der Waals surface area contributed by atoms with Crippen LogP contribution in [0.2, 0.25) is 0 Å². The lowest BCUT2D eigenvalue weighted by Crippen LogP contribution is -2.43. The van der Waals surface area contributed by atoms with Crippen molar-refractivity contribution < 1.29 is 13.5 Å². The minimum Gasteiger partial charge on any atom is -0.392 e. The van der Waals surface area contributed by atoms with E-state index >= 15 is 0 Å². The molecule has 0 aromatic heterocycles. The van der Waals surface area contributed by atoms with Gasteiger partial charge in [0.05, 0.1) is 11.9 Å². The van der Waals surface area contributed by atoms with Crippen molar-refractivity contribution in [2.45, 2.75) is 38.7 Å². The summed E-state index contributed by atoms with van der Waals surface area (Å²) in [5, 5.41) is 9.36. The lowest BCUT2D eigenvalue weighted by molar-refractivity contribution is 0.108. The van der Waals surface area contributed by atoms with Crippen LogP contribution in [0.15, 0.2) is 0 Å². The summed E-state index contributed by atoms with van der Waals surface area (Å²) < 4.78 is 24.8. The summed E-state index contributed by atoms with van der Waals surface area (Å²) in [4.78, 5) is 0. The zero-order chi connectivity index (χ0) is 10.6. The van der Waals surface area contributed by atoms with E-state index in [0.717, 1.165) is 19.3 Å². The van der Waals surface area contributed by atoms with Crippen LogP contribution in [-0.4, -0.2) is 42.8 Å². The quantitative estimate of drug-likeness (QED) is 0.755. The second-order valence-corrected chi connectivity index (χ2v) is 5.91. The second-order valence-electron chi connectivity index (χ2n) is 3.82. The standard InChI is InChI=1S/C9H19NO3S/c1-2-3-7-14(12,13)10-6-4-5-9(11)8-10/h9,11H,2-8H2,1H3/t9-/m0/s1. The predicted octanol–water partition coefficient (Wildman–Crippen LogP) is 0.573. The van der Waals surface area contributed by atoms with Crippen LogP contribution < -0.4 is 0 Å². The van der Waals surface area contributed by atoms with Gasteiger partial charge >= 0.3 is 0 Å². The van der Waals surface area contributed by atoms with Crippen molar-refractivity contribution in [1.29, 1.82) is 0 Å². The summed E-state index contributed by atoms with van der Waals surface area (Å²) in [6.45, 7) is 2.83. The molecule has 1 rings (SSSR count). The normalized spacial score (nSPS) is 25.1. The molecule has 5 heteroatoms. The molecule has 1 saturated heterocycles. The molecule has 0 aromatic carbocycles. The largest absolute Gasteiger partial charge is 0.392 e. The van der Waals surface area contributed by atoms with Crippen molar-refractivity contribution in [3.05, 3.63) is 0 Å². The first-order chi connectivity index (χ1) is 6.56. The van der Waals surface area contributed by atoms with Gasteiger partial charge in [0.25, 0.3) is 0 Å². The van der Waals surface area contributed by atoms with Gasteiger partial charge in [-0.25, -0.2) is 8.42 Å². The van der Waals surface area contributed by atoms with Crippen LogP contribution in [-0.2, 0) is 10.0 Å². The van der Waals surface area contributed by atoms with Gasteiger partial charge < -0.3 is 5.11 Å². The molecule has 14 heavy (non-hydrogen) atoms. The highest BCUT2D eigenvalue weighted by Crippen LogP contribution is 2.14. The summed E-state index contributed by atoms with van der Waals surface area (Å²) in [5.41, 5.74) is 0. The summed E-state index contributed by atoms with van der Waals surface area (Å²) in [5.74, 6) is 0.218. The number of piperidine rings is 1. The highest BCUT2D eigenvalue weighted by Gasteiger charge is 2.26. The molecule has 0 amide bonds. The van der Waals surface area contributed by atoms with Gasteiger partial charge in [-0.2, -0.15) is 4.31 Å². The van der Waals surface area contributed by atoms with E-state index in [1.54, 1.807) is 0 Å². The maximum absolute atomic E-state index is 11.7. The summed E-state index contributed by atoms with van der Waals surface area (Å²) in [6.07, 6.45) is 2.61. The third-order valence-electron chi connectivity index (χ3n) is 2.51. The summed E-state index contributed by atoms with van der Waals surface area (Å²) in [7, 11) is -3.11. The van der Waals surface area contributed by atoms with E-state index in [-0.39, 0.29) is 12.3 Å². The number of nitrogens with zero attached hydrogens (tertiary/aromatic N) is 1.